The van der Waals surface area contributed by atoms with Gasteiger partial charge in [-0.3, -0.25) is 0 Å². The van der Waals surface area contributed by atoms with Crippen molar-refractivity contribution in [3.8, 4) is 0 Å². The molecule has 0 heterocycles. The van der Waals surface area contributed by atoms with Gasteiger partial charge in [0.1, 0.15) is 0 Å². The lowest BCUT2D eigenvalue weighted by Gasteiger charge is -2.21. The zero-order valence-corrected chi connectivity index (χ0v) is 10.9. The second kappa shape index (κ2) is 6.94. The van der Waals surface area contributed by atoms with Gasteiger partial charge in [-0.1, -0.05) is 37.3 Å². The maximum atomic E-state index is 11.8. The number of carbonyl (C=O) groups is 1. The van der Waals surface area contributed by atoms with E-state index >= 15 is 0 Å². The Hall–Kier alpha value is -1.51. The predicted molar refractivity (Wildman–Crippen MR) is 71.2 cm³/mol. The van der Waals surface area contributed by atoms with Gasteiger partial charge in [-0.15, -0.1) is 0 Å². The van der Waals surface area contributed by atoms with Gasteiger partial charge in [0.2, 0.25) is 0 Å². The molecule has 0 fully saturated rings. The molecule has 3 nitrogen and oxygen atoms in total. The van der Waals surface area contributed by atoms with Gasteiger partial charge in [0.05, 0.1) is 0 Å². The lowest BCUT2D eigenvalue weighted by Crippen LogP contribution is -2.41. The van der Waals surface area contributed by atoms with Crippen LogP contribution in [-0.4, -0.2) is 30.6 Å². The molecular weight excluding hydrogens is 212 g/mol. The molecule has 1 aromatic rings. The van der Waals surface area contributed by atoms with Crippen molar-refractivity contribution in [2.24, 2.45) is 0 Å². The molecule has 0 radical (unpaired) electrons. The highest BCUT2D eigenvalue weighted by Gasteiger charge is 2.11. The van der Waals surface area contributed by atoms with E-state index in [2.05, 4.69) is 24.4 Å². The van der Waals surface area contributed by atoms with Crippen molar-refractivity contribution in [1.82, 2.24) is 10.2 Å². The lowest BCUT2D eigenvalue weighted by atomic mass is 10.0. The summed E-state index contributed by atoms with van der Waals surface area (Å²) in [6, 6.07) is 10.3. The molecule has 1 atom stereocenters. The number of urea groups is 1. The Morgan fingerprint density at radius 2 is 1.82 bits per heavy atom. The van der Waals surface area contributed by atoms with Gasteiger partial charge in [0.15, 0.2) is 0 Å². The fourth-order valence-electron chi connectivity index (χ4n) is 1.76. The molecule has 0 saturated carbocycles. The Morgan fingerprint density at radius 1 is 1.24 bits per heavy atom. The van der Waals surface area contributed by atoms with E-state index in [1.807, 2.05) is 32.0 Å². The first kappa shape index (κ1) is 13.6. The molecule has 17 heavy (non-hydrogen) atoms. The standard InChI is InChI=1S/C14H22N2O/c1-4-16(5-2)14(17)15-11-12(3)13-9-7-6-8-10-13/h6-10,12H,4-5,11H2,1-3H3,(H,15,17)/t12-/m0/s1. The van der Waals surface area contributed by atoms with Crippen LogP contribution in [0.4, 0.5) is 4.79 Å². The molecule has 3 heteroatoms. The number of amides is 2. The molecule has 0 spiro atoms. The first-order valence-corrected chi connectivity index (χ1v) is 6.26. The lowest BCUT2D eigenvalue weighted by molar-refractivity contribution is 0.203. The molecule has 0 aliphatic heterocycles. The van der Waals surface area contributed by atoms with Crippen molar-refractivity contribution in [2.45, 2.75) is 26.7 Å². The van der Waals surface area contributed by atoms with Crippen LogP contribution in [0.25, 0.3) is 0 Å². The van der Waals surface area contributed by atoms with Gasteiger partial charge in [0.25, 0.3) is 0 Å². The molecule has 0 saturated heterocycles. The summed E-state index contributed by atoms with van der Waals surface area (Å²) in [6.07, 6.45) is 0. The Balaban J connectivity index is 2.43. The van der Waals surface area contributed by atoms with Gasteiger partial charge in [0, 0.05) is 19.6 Å². The molecule has 0 unspecified atom stereocenters. The number of benzene rings is 1. The molecule has 94 valence electrons. The highest BCUT2D eigenvalue weighted by molar-refractivity contribution is 5.74. The summed E-state index contributed by atoms with van der Waals surface area (Å²) in [6.45, 7) is 8.29. The first-order valence-electron chi connectivity index (χ1n) is 6.26. The third-order valence-corrected chi connectivity index (χ3v) is 2.98. The Morgan fingerprint density at radius 3 is 2.35 bits per heavy atom. The Kier molecular flexibility index (Phi) is 5.53. The number of nitrogens with one attached hydrogen (secondary N) is 1. The summed E-state index contributed by atoms with van der Waals surface area (Å²) < 4.78 is 0. The predicted octanol–water partition coefficient (Wildman–Crippen LogP) is 2.84. The molecule has 0 aromatic heterocycles. The van der Waals surface area contributed by atoms with E-state index in [-0.39, 0.29) is 6.03 Å². The maximum Gasteiger partial charge on any atom is 0.317 e. The van der Waals surface area contributed by atoms with Gasteiger partial charge >= 0.3 is 6.03 Å². The second-order valence-corrected chi connectivity index (χ2v) is 4.17. The SMILES string of the molecule is CCN(CC)C(=O)NC[C@H](C)c1ccccc1. The van der Waals surface area contributed by atoms with Crippen molar-refractivity contribution in [3.63, 3.8) is 0 Å². The fourth-order valence-corrected chi connectivity index (χ4v) is 1.76. The number of nitrogens with zero attached hydrogens (tertiary/aromatic N) is 1. The molecule has 0 aliphatic rings. The smallest absolute Gasteiger partial charge is 0.317 e. The third-order valence-electron chi connectivity index (χ3n) is 2.98. The van der Waals surface area contributed by atoms with Crippen molar-refractivity contribution in [1.29, 1.82) is 0 Å². The van der Waals surface area contributed by atoms with E-state index in [1.165, 1.54) is 5.56 Å². The normalized spacial score (nSPS) is 11.9. The van der Waals surface area contributed by atoms with Gasteiger partial charge in [-0.2, -0.15) is 0 Å². The van der Waals surface area contributed by atoms with E-state index in [0.29, 0.717) is 12.5 Å². The summed E-state index contributed by atoms with van der Waals surface area (Å²) in [5.41, 5.74) is 1.26. The van der Waals surface area contributed by atoms with Gasteiger partial charge in [-0.25, -0.2) is 4.79 Å². The van der Waals surface area contributed by atoms with Crippen LogP contribution in [0.3, 0.4) is 0 Å². The molecule has 1 N–H and O–H groups in total. The number of carbonyl (C=O) groups excluding carboxylic acids is 1. The average molecular weight is 234 g/mol. The number of hydrogen-bond donors (Lipinski definition) is 1. The van der Waals surface area contributed by atoms with Crippen LogP contribution in [-0.2, 0) is 0 Å². The van der Waals surface area contributed by atoms with Gasteiger partial charge in [-0.05, 0) is 25.3 Å². The van der Waals surface area contributed by atoms with Crippen LogP contribution < -0.4 is 5.32 Å². The van der Waals surface area contributed by atoms with Gasteiger partial charge < -0.3 is 10.2 Å². The molecule has 1 aromatic carbocycles. The van der Waals surface area contributed by atoms with E-state index in [0.717, 1.165) is 13.1 Å². The monoisotopic (exact) mass is 234 g/mol. The topological polar surface area (TPSA) is 32.3 Å². The maximum absolute atomic E-state index is 11.8. The van der Waals surface area contributed by atoms with Crippen molar-refractivity contribution < 1.29 is 4.79 Å². The average Bonchev–Trinajstić information content (AvgIpc) is 2.38. The van der Waals surface area contributed by atoms with E-state index in [4.69, 9.17) is 0 Å². The van der Waals surface area contributed by atoms with E-state index in [1.54, 1.807) is 4.90 Å². The van der Waals surface area contributed by atoms with Crippen molar-refractivity contribution in [3.05, 3.63) is 35.9 Å². The Bertz CT molecular complexity index is 333. The summed E-state index contributed by atoms with van der Waals surface area (Å²) in [5.74, 6) is 0.343. The van der Waals surface area contributed by atoms with Crippen LogP contribution in [0.1, 0.15) is 32.3 Å². The Labute approximate surface area is 104 Å². The minimum atomic E-state index is 0.0257. The highest BCUT2D eigenvalue weighted by Crippen LogP contribution is 2.12. The van der Waals surface area contributed by atoms with E-state index < -0.39 is 0 Å². The molecular formula is C14H22N2O. The zero-order valence-electron chi connectivity index (χ0n) is 10.9. The largest absolute Gasteiger partial charge is 0.337 e. The molecule has 0 aliphatic carbocycles. The number of rotatable bonds is 5. The summed E-state index contributed by atoms with van der Waals surface area (Å²) in [5, 5.41) is 2.97. The van der Waals surface area contributed by atoms with E-state index in [9.17, 15) is 4.79 Å². The highest BCUT2D eigenvalue weighted by atomic mass is 16.2. The second-order valence-electron chi connectivity index (χ2n) is 4.17. The molecule has 1 rings (SSSR count). The minimum absolute atomic E-state index is 0.0257. The first-order chi connectivity index (χ1) is 8.19. The minimum Gasteiger partial charge on any atom is -0.337 e. The molecule has 2 amide bonds. The van der Waals surface area contributed by atoms with Crippen molar-refractivity contribution >= 4 is 6.03 Å². The fraction of sp³-hybridized carbons (Fsp3) is 0.500. The summed E-state index contributed by atoms with van der Waals surface area (Å²) in [4.78, 5) is 13.5. The van der Waals surface area contributed by atoms with Crippen molar-refractivity contribution in [2.75, 3.05) is 19.6 Å². The van der Waals surface area contributed by atoms with Crippen LogP contribution in [0.2, 0.25) is 0 Å². The zero-order chi connectivity index (χ0) is 12.7. The van der Waals surface area contributed by atoms with Crippen LogP contribution in [0.5, 0.6) is 0 Å². The summed E-state index contributed by atoms with van der Waals surface area (Å²) in [7, 11) is 0. The quantitative estimate of drug-likeness (QED) is 0.834. The third kappa shape index (κ3) is 4.10. The summed E-state index contributed by atoms with van der Waals surface area (Å²) >= 11 is 0. The van der Waals surface area contributed by atoms with Crippen LogP contribution >= 0.6 is 0 Å². The van der Waals surface area contributed by atoms with Crippen LogP contribution in [0.15, 0.2) is 30.3 Å². The number of hydrogen-bond acceptors (Lipinski definition) is 1. The molecule has 0 bridgehead atoms. The van der Waals surface area contributed by atoms with Crippen LogP contribution in [0, 0.1) is 0 Å².